The van der Waals surface area contributed by atoms with Crippen molar-refractivity contribution >= 4 is 16.7 Å². The third kappa shape index (κ3) is 5.86. The van der Waals surface area contributed by atoms with Gasteiger partial charge in [-0.05, 0) is 61.4 Å². The van der Waals surface area contributed by atoms with E-state index < -0.39 is 0 Å². The van der Waals surface area contributed by atoms with Crippen LogP contribution in [-0.4, -0.2) is 61.4 Å². The van der Waals surface area contributed by atoms with Gasteiger partial charge in [0.2, 0.25) is 0 Å². The Hall–Kier alpha value is -3.00. The van der Waals surface area contributed by atoms with E-state index in [4.69, 9.17) is 20.6 Å². The Morgan fingerprint density at radius 3 is 2.33 bits per heavy atom. The molecule has 1 aliphatic heterocycles. The number of amidine groups is 1. The summed E-state index contributed by atoms with van der Waals surface area (Å²) in [6.07, 6.45) is 5.36. The van der Waals surface area contributed by atoms with Gasteiger partial charge in [0.25, 0.3) is 5.56 Å². The summed E-state index contributed by atoms with van der Waals surface area (Å²) in [4.78, 5) is 16.2. The van der Waals surface area contributed by atoms with Crippen LogP contribution in [-0.2, 0) is 16.0 Å². The molecule has 2 atom stereocenters. The Morgan fingerprint density at radius 2 is 1.64 bits per heavy atom. The van der Waals surface area contributed by atoms with Crippen molar-refractivity contribution in [2.24, 2.45) is 5.73 Å². The number of ether oxygens (including phenoxy) is 2. The Labute approximate surface area is 213 Å². The van der Waals surface area contributed by atoms with Gasteiger partial charge in [-0.2, -0.15) is 0 Å². The Balaban J connectivity index is 1.48. The molecule has 0 radical (unpaired) electrons. The molecule has 0 saturated carbocycles. The summed E-state index contributed by atoms with van der Waals surface area (Å²) in [5, 5.41) is 8.79. The van der Waals surface area contributed by atoms with Crippen LogP contribution in [0, 0.1) is 5.41 Å². The highest BCUT2D eigenvalue weighted by Crippen LogP contribution is 2.26. The van der Waals surface area contributed by atoms with Crippen LogP contribution in [0.5, 0.6) is 0 Å². The highest BCUT2D eigenvalue weighted by Gasteiger charge is 2.32. The van der Waals surface area contributed by atoms with Crippen molar-refractivity contribution in [3.8, 4) is 11.1 Å². The fraction of sp³-hybridized carbons (Fsp3) is 0.448. The summed E-state index contributed by atoms with van der Waals surface area (Å²) in [5.74, 6) is -0.00329. The van der Waals surface area contributed by atoms with Crippen LogP contribution in [0.3, 0.4) is 0 Å². The van der Waals surface area contributed by atoms with E-state index in [2.05, 4.69) is 4.90 Å². The molecule has 1 saturated heterocycles. The second-order valence-corrected chi connectivity index (χ2v) is 9.66. The highest BCUT2D eigenvalue weighted by atomic mass is 16.5. The molecule has 0 spiro atoms. The first-order chi connectivity index (χ1) is 17.5. The van der Waals surface area contributed by atoms with E-state index in [0.717, 1.165) is 68.3 Å². The van der Waals surface area contributed by atoms with Crippen molar-refractivity contribution in [2.45, 2.75) is 50.7 Å². The monoisotopic (exact) mass is 490 g/mol. The molecule has 7 heteroatoms. The molecule has 2 heterocycles. The van der Waals surface area contributed by atoms with E-state index in [1.165, 1.54) is 0 Å². The first-order valence-electron chi connectivity index (χ1n) is 12.8. The van der Waals surface area contributed by atoms with E-state index in [1.54, 1.807) is 20.3 Å². The molecule has 2 unspecified atom stereocenters. The van der Waals surface area contributed by atoms with E-state index in [0.29, 0.717) is 29.8 Å². The van der Waals surface area contributed by atoms with Gasteiger partial charge in [-0.15, -0.1) is 0 Å². The molecule has 7 nitrogen and oxygen atoms in total. The van der Waals surface area contributed by atoms with Crippen LogP contribution in [0.15, 0.2) is 59.4 Å². The lowest BCUT2D eigenvalue weighted by molar-refractivity contribution is 0.0617. The smallest absolute Gasteiger partial charge is 0.258 e. The van der Waals surface area contributed by atoms with Crippen molar-refractivity contribution in [1.82, 2.24) is 9.47 Å². The molecule has 3 N–H and O–H groups in total. The summed E-state index contributed by atoms with van der Waals surface area (Å²) >= 11 is 0. The zero-order valence-electron chi connectivity index (χ0n) is 21.4. The zero-order chi connectivity index (χ0) is 25.5. The lowest BCUT2D eigenvalue weighted by atomic mass is 10.0. The minimum atomic E-state index is -0.00531. The average Bonchev–Trinajstić information content (AvgIpc) is 3.26. The van der Waals surface area contributed by atoms with Gasteiger partial charge in [-0.1, -0.05) is 42.8 Å². The van der Waals surface area contributed by atoms with Gasteiger partial charge < -0.3 is 19.8 Å². The molecular weight excluding hydrogens is 452 g/mol. The first kappa shape index (κ1) is 26.1. The molecule has 0 amide bonds. The number of benzene rings is 2. The second kappa shape index (κ2) is 12.3. The van der Waals surface area contributed by atoms with Crippen molar-refractivity contribution in [2.75, 3.05) is 34.0 Å². The second-order valence-electron chi connectivity index (χ2n) is 9.66. The van der Waals surface area contributed by atoms with Crippen LogP contribution in [0.25, 0.3) is 22.0 Å². The fourth-order valence-corrected chi connectivity index (χ4v) is 5.47. The van der Waals surface area contributed by atoms with E-state index in [1.807, 2.05) is 53.1 Å². The molecule has 1 fully saturated rings. The van der Waals surface area contributed by atoms with Crippen LogP contribution in [0.1, 0.15) is 37.7 Å². The maximum atomic E-state index is 13.6. The first-order valence-corrected chi connectivity index (χ1v) is 12.8. The Morgan fingerprint density at radius 1 is 0.944 bits per heavy atom. The molecular formula is C29H38N4O3. The molecule has 1 aromatic heterocycles. The van der Waals surface area contributed by atoms with E-state index in [9.17, 15) is 4.79 Å². The number of nitrogens with two attached hydrogens (primary N) is 1. The third-order valence-electron chi connectivity index (χ3n) is 7.27. The number of hydrogen-bond acceptors (Lipinski definition) is 5. The predicted octanol–water partition coefficient (Wildman–Crippen LogP) is 4.25. The minimum absolute atomic E-state index is 0.00329. The standard InChI is InChI=1S/C29H38N4O3/c1-35-19-24-13-14-25(20-36-2)32(24)15-6-3-7-16-33-27-12-5-4-9-22(27)18-26(29(33)34)21-10-8-11-23(17-21)28(30)31/h4-5,8-12,17-18,24-25H,3,6-7,13-16,19-20H2,1-2H3,(H3,30,31). The van der Waals surface area contributed by atoms with Crippen LogP contribution in [0.2, 0.25) is 0 Å². The molecule has 36 heavy (non-hydrogen) atoms. The average molecular weight is 491 g/mol. The molecule has 2 aromatic carbocycles. The number of nitrogens with one attached hydrogen (secondary N) is 1. The lowest BCUT2D eigenvalue weighted by Crippen LogP contribution is -2.41. The third-order valence-corrected chi connectivity index (χ3v) is 7.27. The van der Waals surface area contributed by atoms with Gasteiger partial charge in [0.1, 0.15) is 5.84 Å². The van der Waals surface area contributed by atoms with Gasteiger partial charge in [0, 0.05) is 44.0 Å². The van der Waals surface area contributed by atoms with Crippen molar-refractivity contribution in [3.05, 3.63) is 70.5 Å². The van der Waals surface area contributed by atoms with Crippen molar-refractivity contribution in [3.63, 3.8) is 0 Å². The number of unbranched alkanes of at least 4 members (excludes halogenated alkanes) is 2. The Bertz CT molecular complexity index is 1220. The normalized spacial score (nSPS) is 18.2. The van der Waals surface area contributed by atoms with Gasteiger partial charge in [-0.3, -0.25) is 15.1 Å². The molecule has 3 aromatic rings. The highest BCUT2D eigenvalue weighted by molar-refractivity contribution is 5.96. The lowest BCUT2D eigenvalue weighted by Gasteiger charge is -2.29. The molecule has 192 valence electrons. The molecule has 0 aliphatic carbocycles. The largest absolute Gasteiger partial charge is 0.384 e. The van der Waals surface area contributed by atoms with Crippen LogP contribution in [0.4, 0.5) is 0 Å². The number of pyridine rings is 1. The predicted molar refractivity (Wildman–Crippen MR) is 146 cm³/mol. The van der Waals surface area contributed by atoms with Gasteiger partial charge in [0.05, 0.1) is 18.7 Å². The van der Waals surface area contributed by atoms with Gasteiger partial charge >= 0.3 is 0 Å². The number of likely N-dealkylation sites (tertiary alicyclic amines) is 1. The fourth-order valence-electron chi connectivity index (χ4n) is 5.47. The van der Waals surface area contributed by atoms with Crippen molar-refractivity contribution < 1.29 is 9.47 Å². The maximum Gasteiger partial charge on any atom is 0.258 e. The number of aromatic nitrogens is 1. The molecule has 1 aliphatic rings. The quantitative estimate of drug-likeness (QED) is 0.225. The minimum Gasteiger partial charge on any atom is -0.384 e. The molecule has 4 rings (SSSR count). The van der Waals surface area contributed by atoms with Crippen LogP contribution < -0.4 is 11.3 Å². The topological polar surface area (TPSA) is 93.6 Å². The van der Waals surface area contributed by atoms with Crippen molar-refractivity contribution in [1.29, 1.82) is 5.41 Å². The SMILES string of the molecule is COCC1CCC(COC)N1CCCCCn1c(=O)c(-c2cccc(C(=N)N)c2)cc2ccccc21. The maximum absolute atomic E-state index is 13.6. The number of para-hydroxylation sites is 1. The molecule has 0 bridgehead atoms. The van der Waals surface area contributed by atoms with Gasteiger partial charge in [0.15, 0.2) is 0 Å². The summed E-state index contributed by atoms with van der Waals surface area (Å²) in [5.41, 5.74) is 8.68. The number of rotatable bonds is 12. The Kier molecular flexibility index (Phi) is 8.91. The number of nitrogen functional groups attached to an aromatic ring is 1. The van der Waals surface area contributed by atoms with E-state index >= 15 is 0 Å². The number of fused-ring (bicyclic) bond motifs is 1. The summed E-state index contributed by atoms with van der Waals surface area (Å²) in [7, 11) is 3.54. The summed E-state index contributed by atoms with van der Waals surface area (Å²) in [6.45, 7) is 3.22. The summed E-state index contributed by atoms with van der Waals surface area (Å²) < 4.78 is 12.8. The van der Waals surface area contributed by atoms with E-state index in [-0.39, 0.29) is 11.4 Å². The van der Waals surface area contributed by atoms with Crippen LogP contribution >= 0.6 is 0 Å². The number of methoxy groups -OCH3 is 2. The van der Waals surface area contributed by atoms with Gasteiger partial charge in [-0.25, -0.2) is 0 Å². The summed E-state index contributed by atoms with van der Waals surface area (Å²) in [6, 6.07) is 18.3. The zero-order valence-corrected chi connectivity index (χ0v) is 21.4. The number of nitrogens with zero attached hydrogens (tertiary/aromatic N) is 2. The number of aryl methyl sites for hydroxylation is 1. The number of hydrogen-bond donors (Lipinski definition) is 2.